The van der Waals surface area contributed by atoms with Gasteiger partial charge in [-0.3, -0.25) is 0 Å². The molecule has 3 aromatic rings. The lowest BCUT2D eigenvalue weighted by molar-refractivity contribution is 0.122. The van der Waals surface area contributed by atoms with Gasteiger partial charge >= 0.3 is 0 Å². The van der Waals surface area contributed by atoms with Crippen LogP contribution in [0.3, 0.4) is 0 Å². The number of rotatable bonds is 5. The molecule has 1 N–H and O–H groups in total. The van der Waals surface area contributed by atoms with Crippen LogP contribution in [-0.4, -0.2) is 44.4 Å². The molecule has 0 amide bonds. The van der Waals surface area contributed by atoms with Crippen molar-refractivity contribution in [3.05, 3.63) is 53.9 Å². The first kappa shape index (κ1) is 18.5. The van der Waals surface area contributed by atoms with Crippen molar-refractivity contribution in [1.29, 1.82) is 0 Å². The lowest BCUT2D eigenvalue weighted by Crippen LogP contribution is -2.36. The zero-order valence-electron chi connectivity index (χ0n) is 16.5. The molecule has 150 valence electrons. The van der Waals surface area contributed by atoms with Crippen LogP contribution >= 0.6 is 11.3 Å². The van der Waals surface area contributed by atoms with Crippen molar-refractivity contribution < 1.29 is 4.74 Å². The van der Waals surface area contributed by atoms with E-state index in [9.17, 15) is 0 Å². The monoisotopic (exact) mass is 406 g/mol. The first-order valence-corrected chi connectivity index (χ1v) is 11.2. The van der Waals surface area contributed by atoms with Crippen molar-refractivity contribution in [1.82, 2.24) is 4.98 Å². The number of hydrogen-bond acceptors (Lipinski definition) is 6. The number of anilines is 4. The smallest absolute Gasteiger partial charge is 0.187 e. The largest absolute Gasteiger partial charge is 0.378 e. The average molecular weight is 407 g/mol. The summed E-state index contributed by atoms with van der Waals surface area (Å²) in [4.78, 5) is 9.60. The molecule has 0 bridgehead atoms. The molecule has 0 spiro atoms. The minimum Gasteiger partial charge on any atom is -0.378 e. The number of ether oxygens (including phenoxy) is 1. The fourth-order valence-electron chi connectivity index (χ4n) is 3.98. The van der Waals surface area contributed by atoms with E-state index < -0.39 is 0 Å². The van der Waals surface area contributed by atoms with Gasteiger partial charge in [0.1, 0.15) is 0 Å². The van der Waals surface area contributed by atoms with Gasteiger partial charge in [-0.25, -0.2) is 4.98 Å². The summed E-state index contributed by atoms with van der Waals surface area (Å²) in [7, 11) is 0. The van der Waals surface area contributed by atoms with Crippen LogP contribution in [0.15, 0.2) is 53.9 Å². The molecule has 2 saturated heterocycles. The molecule has 6 heteroatoms. The molecular formula is C23H26N4OS. The third-order valence-electron chi connectivity index (χ3n) is 5.63. The van der Waals surface area contributed by atoms with Gasteiger partial charge in [0.25, 0.3) is 0 Å². The summed E-state index contributed by atoms with van der Waals surface area (Å²) >= 11 is 1.64. The van der Waals surface area contributed by atoms with Gasteiger partial charge in [0.2, 0.25) is 0 Å². The standard InChI is InChI=1S/C23H26N4OS/c1-2-12-26(11-1)20-7-3-18(4-8-20)22-17-29-23(25-22)24-19-5-9-21(10-6-19)27-13-15-28-16-14-27/h3-10,17H,1-2,11-16H2,(H,24,25). The lowest BCUT2D eigenvalue weighted by Gasteiger charge is -2.28. The van der Waals surface area contributed by atoms with E-state index in [1.807, 2.05) is 0 Å². The molecule has 0 aliphatic carbocycles. The zero-order valence-corrected chi connectivity index (χ0v) is 17.3. The minimum absolute atomic E-state index is 0.806. The Kier molecular flexibility index (Phi) is 5.37. The molecule has 29 heavy (non-hydrogen) atoms. The van der Waals surface area contributed by atoms with E-state index in [-0.39, 0.29) is 0 Å². The summed E-state index contributed by atoms with van der Waals surface area (Å²) in [6.45, 7) is 5.88. The molecule has 0 unspecified atom stereocenters. The third-order valence-corrected chi connectivity index (χ3v) is 6.39. The van der Waals surface area contributed by atoms with Crippen molar-refractivity contribution >= 4 is 33.5 Å². The second kappa shape index (κ2) is 8.43. The zero-order chi connectivity index (χ0) is 19.5. The number of thiazole rings is 1. The van der Waals surface area contributed by atoms with Gasteiger partial charge in [-0.05, 0) is 49.2 Å². The second-order valence-corrected chi connectivity index (χ2v) is 8.41. The van der Waals surface area contributed by atoms with Gasteiger partial charge < -0.3 is 19.9 Å². The number of aromatic nitrogens is 1. The van der Waals surface area contributed by atoms with E-state index in [0.29, 0.717) is 0 Å². The maximum absolute atomic E-state index is 5.43. The van der Waals surface area contributed by atoms with Crippen LogP contribution < -0.4 is 15.1 Å². The van der Waals surface area contributed by atoms with Gasteiger partial charge in [0.05, 0.1) is 18.9 Å². The molecule has 2 aliphatic heterocycles. The highest BCUT2D eigenvalue weighted by Crippen LogP contribution is 2.30. The fourth-order valence-corrected chi connectivity index (χ4v) is 4.72. The summed E-state index contributed by atoms with van der Waals surface area (Å²) in [6, 6.07) is 17.4. The minimum atomic E-state index is 0.806. The number of morpholine rings is 1. The Morgan fingerprint density at radius 2 is 1.41 bits per heavy atom. The molecule has 2 aliphatic rings. The van der Waals surface area contributed by atoms with Gasteiger partial charge in [-0.15, -0.1) is 11.3 Å². The van der Waals surface area contributed by atoms with Gasteiger partial charge in [-0.1, -0.05) is 12.1 Å². The summed E-state index contributed by atoms with van der Waals surface area (Å²) in [5.74, 6) is 0. The first-order valence-electron chi connectivity index (χ1n) is 10.4. The molecular weight excluding hydrogens is 380 g/mol. The second-order valence-electron chi connectivity index (χ2n) is 7.55. The highest BCUT2D eigenvalue weighted by atomic mass is 32.1. The molecule has 5 rings (SSSR count). The molecule has 0 saturated carbocycles. The SMILES string of the molecule is c1cc(N2CCOCC2)ccc1Nc1nc(-c2ccc(N3CCCC3)cc2)cs1. The van der Waals surface area contributed by atoms with Crippen LogP contribution in [0.25, 0.3) is 11.3 Å². The number of nitrogens with one attached hydrogen (secondary N) is 1. The van der Waals surface area contributed by atoms with E-state index in [1.165, 1.54) is 42.9 Å². The fraction of sp³-hybridized carbons (Fsp3) is 0.348. The number of benzene rings is 2. The Labute approximate surface area is 175 Å². The van der Waals surface area contributed by atoms with Crippen LogP contribution in [0.2, 0.25) is 0 Å². The Hall–Kier alpha value is -2.57. The summed E-state index contributed by atoms with van der Waals surface area (Å²) in [5, 5.41) is 6.48. The summed E-state index contributed by atoms with van der Waals surface area (Å²) < 4.78 is 5.43. The Balaban J connectivity index is 1.24. The van der Waals surface area contributed by atoms with Crippen molar-refractivity contribution in [3.63, 3.8) is 0 Å². The molecule has 0 atom stereocenters. The van der Waals surface area contributed by atoms with E-state index in [4.69, 9.17) is 9.72 Å². The predicted molar refractivity (Wildman–Crippen MR) is 122 cm³/mol. The normalized spacial score (nSPS) is 17.0. The Morgan fingerprint density at radius 1 is 0.793 bits per heavy atom. The van der Waals surface area contributed by atoms with Crippen LogP contribution in [-0.2, 0) is 4.74 Å². The average Bonchev–Trinajstić information content (AvgIpc) is 3.48. The first-order chi connectivity index (χ1) is 14.3. The molecule has 2 fully saturated rings. The van der Waals surface area contributed by atoms with Crippen LogP contribution in [0.1, 0.15) is 12.8 Å². The molecule has 1 aromatic heterocycles. The molecule has 3 heterocycles. The van der Waals surface area contributed by atoms with Crippen LogP contribution in [0, 0.1) is 0 Å². The highest BCUT2D eigenvalue weighted by Gasteiger charge is 2.13. The van der Waals surface area contributed by atoms with Crippen LogP contribution in [0.5, 0.6) is 0 Å². The van der Waals surface area contributed by atoms with E-state index in [0.717, 1.165) is 42.8 Å². The molecule has 0 radical (unpaired) electrons. The van der Waals surface area contributed by atoms with Crippen molar-refractivity contribution in [2.75, 3.05) is 54.5 Å². The predicted octanol–water partition coefficient (Wildman–Crippen LogP) is 4.99. The number of nitrogens with zero attached hydrogens (tertiary/aromatic N) is 3. The van der Waals surface area contributed by atoms with E-state index >= 15 is 0 Å². The number of hydrogen-bond donors (Lipinski definition) is 1. The van der Waals surface area contributed by atoms with Gasteiger partial charge in [0, 0.05) is 54.2 Å². The van der Waals surface area contributed by atoms with Crippen molar-refractivity contribution in [3.8, 4) is 11.3 Å². The van der Waals surface area contributed by atoms with Gasteiger partial charge in [0.15, 0.2) is 5.13 Å². The summed E-state index contributed by atoms with van der Waals surface area (Å²) in [6.07, 6.45) is 2.60. The van der Waals surface area contributed by atoms with E-state index in [2.05, 4.69) is 69.0 Å². The Bertz CT molecular complexity index is 926. The van der Waals surface area contributed by atoms with Gasteiger partial charge in [-0.2, -0.15) is 0 Å². The maximum Gasteiger partial charge on any atom is 0.187 e. The molecule has 2 aromatic carbocycles. The highest BCUT2D eigenvalue weighted by molar-refractivity contribution is 7.14. The lowest BCUT2D eigenvalue weighted by atomic mass is 10.1. The Morgan fingerprint density at radius 3 is 2.10 bits per heavy atom. The quantitative estimate of drug-likeness (QED) is 0.646. The van der Waals surface area contributed by atoms with Crippen LogP contribution in [0.4, 0.5) is 22.2 Å². The third kappa shape index (κ3) is 4.23. The van der Waals surface area contributed by atoms with Crippen molar-refractivity contribution in [2.24, 2.45) is 0 Å². The topological polar surface area (TPSA) is 40.6 Å². The maximum atomic E-state index is 5.43. The summed E-state index contributed by atoms with van der Waals surface area (Å²) in [5.41, 5.74) is 5.82. The molecule has 5 nitrogen and oxygen atoms in total. The van der Waals surface area contributed by atoms with E-state index in [1.54, 1.807) is 11.3 Å². The van der Waals surface area contributed by atoms with Crippen molar-refractivity contribution in [2.45, 2.75) is 12.8 Å².